The average Bonchev–Trinajstić information content (AvgIpc) is 2.74. The van der Waals surface area contributed by atoms with E-state index < -0.39 is 0 Å². The van der Waals surface area contributed by atoms with Gasteiger partial charge in [0, 0.05) is 25.5 Å². The predicted octanol–water partition coefficient (Wildman–Crippen LogP) is 1.29. The molecule has 0 radical (unpaired) electrons. The molecule has 0 saturated carbocycles. The molecule has 0 aliphatic heterocycles. The van der Waals surface area contributed by atoms with Crippen LogP contribution in [0.1, 0.15) is 31.9 Å². The smallest absolute Gasteiger partial charge is 0.239 e. The average molecular weight is 223 g/mol. The summed E-state index contributed by atoms with van der Waals surface area (Å²) >= 11 is 0. The van der Waals surface area contributed by atoms with E-state index in [9.17, 15) is 4.79 Å². The fraction of sp³-hybridized carbons (Fsp3) is 0.583. The first-order valence-electron chi connectivity index (χ1n) is 5.80. The second-order valence-electron chi connectivity index (χ2n) is 3.81. The monoisotopic (exact) mass is 223 g/mol. The van der Waals surface area contributed by atoms with Crippen LogP contribution in [-0.4, -0.2) is 24.1 Å². The Morgan fingerprint density at radius 1 is 1.50 bits per heavy atom. The maximum absolute atomic E-state index is 11.2. The molecule has 0 aromatic carbocycles. The standard InChI is InChI=1S/C12H21N3O/c1-4-11(14-5-2)10-6-7-15(8-10)9-12(16)13-3/h6-8,11,14H,4-5,9H2,1-3H3,(H,13,16). The molecule has 2 N–H and O–H groups in total. The van der Waals surface area contributed by atoms with E-state index in [0.717, 1.165) is 13.0 Å². The van der Waals surface area contributed by atoms with Crippen LogP contribution in [0.3, 0.4) is 0 Å². The third-order valence-corrected chi connectivity index (χ3v) is 2.64. The van der Waals surface area contributed by atoms with E-state index in [4.69, 9.17) is 0 Å². The van der Waals surface area contributed by atoms with Gasteiger partial charge in [0.25, 0.3) is 0 Å². The van der Waals surface area contributed by atoms with Crippen LogP contribution in [0.4, 0.5) is 0 Å². The van der Waals surface area contributed by atoms with E-state index in [1.54, 1.807) is 7.05 Å². The van der Waals surface area contributed by atoms with Crippen LogP contribution < -0.4 is 10.6 Å². The lowest BCUT2D eigenvalue weighted by atomic mass is 10.1. The van der Waals surface area contributed by atoms with Crippen molar-refractivity contribution in [3.05, 3.63) is 24.0 Å². The molecular weight excluding hydrogens is 202 g/mol. The van der Waals surface area contributed by atoms with Crippen LogP contribution in [0.5, 0.6) is 0 Å². The highest BCUT2D eigenvalue weighted by Gasteiger charge is 2.09. The molecule has 4 heteroatoms. The second-order valence-corrected chi connectivity index (χ2v) is 3.81. The maximum atomic E-state index is 11.2. The largest absolute Gasteiger partial charge is 0.358 e. The first-order valence-corrected chi connectivity index (χ1v) is 5.80. The zero-order chi connectivity index (χ0) is 12.0. The van der Waals surface area contributed by atoms with Gasteiger partial charge in [-0.1, -0.05) is 13.8 Å². The van der Waals surface area contributed by atoms with Gasteiger partial charge in [-0.25, -0.2) is 0 Å². The molecule has 0 fully saturated rings. The molecule has 1 heterocycles. The molecule has 4 nitrogen and oxygen atoms in total. The summed E-state index contributed by atoms with van der Waals surface area (Å²) in [5.41, 5.74) is 1.24. The Labute approximate surface area is 97.0 Å². The molecule has 1 rings (SSSR count). The highest BCUT2D eigenvalue weighted by Crippen LogP contribution is 2.16. The Morgan fingerprint density at radius 2 is 2.25 bits per heavy atom. The van der Waals surface area contributed by atoms with Gasteiger partial charge in [-0.3, -0.25) is 4.79 Å². The fourth-order valence-corrected chi connectivity index (χ4v) is 1.75. The summed E-state index contributed by atoms with van der Waals surface area (Å²) in [5, 5.41) is 6.03. The van der Waals surface area contributed by atoms with Gasteiger partial charge in [0.1, 0.15) is 6.54 Å². The van der Waals surface area contributed by atoms with Crippen LogP contribution >= 0.6 is 0 Å². The summed E-state index contributed by atoms with van der Waals surface area (Å²) in [4.78, 5) is 11.2. The highest BCUT2D eigenvalue weighted by atomic mass is 16.1. The van der Waals surface area contributed by atoms with Crippen molar-refractivity contribution in [1.82, 2.24) is 15.2 Å². The number of aromatic nitrogens is 1. The molecule has 90 valence electrons. The number of rotatable bonds is 6. The van der Waals surface area contributed by atoms with Gasteiger partial charge in [0.05, 0.1) is 0 Å². The Kier molecular flexibility index (Phi) is 5.05. The van der Waals surface area contributed by atoms with Crippen molar-refractivity contribution in [3.63, 3.8) is 0 Å². The summed E-state index contributed by atoms with van der Waals surface area (Å²) < 4.78 is 1.91. The highest BCUT2D eigenvalue weighted by molar-refractivity contribution is 5.75. The molecule has 1 unspecified atom stereocenters. The van der Waals surface area contributed by atoms with Crippen molar-refractivity contribution in [1.29, 1.82) is 0 Å². The van der Waals surface area contributed by atoms with Gasteiger partial charge in [-0.15, -0.1) is 0 Å². The van der Waals surface area contributed by atoms with E-state index in [-0.39, 0.29) is 5.91 Å². The van der Waals surface area contributed by atoms with Crippen molar-refractivity contribution < 1.29 is 4.79 Å². The van der Waals surface area contributed by atoms with Crippen LogP contribution in [-0.2, 0) is 11.3 Å². The predicted molar refractivity (Wildman–Crippen MR) is 65.2 cm³/mol. The zero-order valence-electron chi connectivity index (χ0n) is 10.3. The molecule has 1 aromatic heterocycles. The van der Waals surface area contributed by atoms with Gasteiger partial charge in [0.15, 0.2) is 0 Å². The molecule has 0 spiro atoms. The third-order valence-electron chi connectivity index (χ3n) is 2.64. The Hall–Kier alpha value is -1.29. The summed E-state index contributed by atoms with van der Waals surface area (Å²) in [5.74, 6) is 0.0265. The molecule has 1 aromatic rings. The van der Waals surface area contributed by atoms with E-state index in [2.05, 4.69) is 30.5 Å². The minimum absolute atomic E-state index is 0.0265. The normalized spacial score (nSPS) is 12.4. The lowest BCUT2D eigenvalue weighted by molar-refractivity contribution is -0.121. The number of likely N-dealkylation sites (N-methyl/N-ethyl adjacent to an activating group) is 1. The number of hydrogen-bond acceptors (Lipinski definition) is 2. The van der Waals surface area contributed by atoms with E-state index in [1.807, 2.05) is 17.0 Å². The van der Waals surface area contributed by atoms with Gasteiger partial charge in [0.2, 0.25) is 5.91 Å². The lowest BCUT2D eigenvalue weighted by Gasteiger charge is -2.13. The van der Waals surface area contributed by atoms with Gasteiger partial charge < -0.3 is 15.2 Å². The summed E-state index contributed by atoms with van der Waals surface area (Å²) in [7, 11) is 1.65. The van der Waals surface area contributed by atoms with Crippen LogP contribution in [0, 0.1) is 0 Å². The molecule has 0 saturated heterocycles. The Balaban J connectivity index is 2.65. The zero-order valence-corrected chi connectivity index (χ0v) is 10.3. The minimum Gasteiger partial charge on any atom is -0.358 e. The first kappa shape index (κ1) is 12.8. The molecule has 1 amide bonds. The van der Waals surface area contributed by atoms with Crippen LogP contribution in [0.2, 0.25) is 0 Å². The minimum atomic E-state index is 0.0265. The molecule has 16 heavy (non-hydrogen) atoms. The summed E-state index contributed by atoms with van der Waals surface area (Å²) in [6.07, 6.45) is 5.04. The molecule has 0 aliphatic rings. The fourth-order valence-electron chi connectivity index (χ4n) is 1.75. The Morgan fingerprint density at radius 3 is 2.81 bits per heavy atom. The van der Waals surface area contributed by atoms with Crippen molar-refractivity contribution in [2.45, 2.75) is 32.9 Å². The van der Waals surface area contributed by atoms with E-state index in [0.29, 0.717) is 12.6 Å². The topological polar surface area (TPSA) is 46.1 Å². The second kappa shape index (κ2) is 6.33. The van der Waals surface area contributed by atoms with Crippen molar-refractivity contribution in [2.24, 2.45) is 0 Å². The first-order chi connectivity index (χ1) is 7.71. The number of amides is 1. The molecule has 0 aliphatic carbocycles. The van der Waals surface area contributed by atoms with E-state index in [1.165, 1.54) is 5.56 Å². The SMILES string of the molecule is CCNC(CC)c1ccn(CC(=O)NC)c1. The molecule has 0 bridgehead atoms. The number of carbonyl (C=O) groups is 1. The molecule has 1 atom stereocenters. The van der Waals surface area contributed by atoms with Gasteiger partial charge >= 0.3 is 0 Å². The number of hydrogen-bond donors (Lipinski definition) is 2. The number of nitrogens with one attached hydrogen (secondary N) is 2. The van der Waals surface area contributed by atoms with Crippen molar-refractivity contribution in [2.75, 3.05) is 13.6 Å². The maximum Gasteiger partial charge on any atom is 0.239 e. The summed E-state index contributed by atoms with van der Waals surface area (Å²) in [6, 6.07) is 2.45. The number of carbonyl (C=O) groups excluding carboxylic acids is 1. The van der Waals surface area contributed by atoms with Crippen molar-refractivity contribution >= 4 is 5.91 Å². The van der Waals surface area contributed by atoms with Crippen LogP contribution in [0.25, 0.3) is 0 Å². The van der Waals surface area contributed by atoms with E-state index >= 15 is 0 Å². The third kappa shape index (κ3) is 3.38. The summed E-state index contributed by atoms with van der Waals surface area (Å²) in [6.45, 7) is 5.60. The van der Waals surface area contributed by atoms with Crippen molar-refractivity contribution in [3.8, 4) is 0 Å². The quantitative estimate of drug-likeness (QED) is 0.763. The Bertz CT molecular complexity index is 333. The number of nitrogens with zero attached hydrogens (tertiary/aromatic N) is 1. The van der Waals surface area contributed by atoms with Crippen LogP contribution in [0.15, 0.2) is 18.5 Å². The van der Waals surface area contributed by atoms with Gasteiger partial charge in [-0.2, -0.15) is 0 Å². The molecular formula is C12H21N3O. The van der Waals surface area contributed by atoms with Gasteiger partial charge in [-0.05, 0) is 24.6 Å². The lowest BCUT2D eigenvalue weighted by Crippen LogP contribution is -2.23.